The molecule has 1 aromatic heterocycles. The Hall–Kier alpha value is -2.77. The van der Waals surface area contributed by atoms with Crippen LogP contribution in [-0.4, -0.2) is 46.9 Å². The third-order valence-corrected chi connectivity index (χ3v) is 4.15. The van der Waals surface area contributed by atoms with Crippen LogP contribution in [-0.2, 0) is 6.18 Å². The zero-order chi connectivity index (χ0) is 18.0. The van der Waals surface area contributed by atoms with Crippen molar-refractivity contribution in [2.45, 2.75) is 6.18 Å². The first kappa shape index (κ1) is 17.1. The number of alkyl halides is 3. The van der Waals surface area contributed by atoms with E-state index in [9.17, 15) is 18.0 Å². The van der Waals surface area contributed by atoms with Crippen LogP contribution in [0, 0.1) is 0 Å². The van der Waals surface area contributed by atoms with E-state index in [0.29, 0.717) is 32.4 Å². The molecule has 5 nitrogen and oxygen atoms in total. The van der Waals surface area contributed by atoms with Gasteiger partial charge in [-0.3, -0.25) is 0 Å². The number of hydrogen-bond acceptors (Lipinski definition) is 3. The third kappa shape index (κ3) is 3.52. The van der Waals surface area contributed by atoms with Crippen LogP contribution in [0.25, 0.3) is 6.08 Å². The third-order valence-electron chi connectivity index (χ3n) is 4.15. The van der Waals surface area contributed by atoms with Gasteiger partial charge < -0.3 is 9.80 Å². The van der Waals surface area contributed by atoms with E-state index >= 15 is 0 Å². The molecular formula is C17H17F3N4O. The maximum atomic E-state index is 12.6. The highest BCUT2D eigenvalue weighted by Gasteiger charge is 2.33. The molecule has 0 atom stereocenters. The molecule has 0 radical (unpaired) electrons. The van der Waals surface area contributed by atoms with Crippen molar-refractivity contribution in [3.63, 3.8) is 0 Å². The number of carbonyl (C=O) groups excluding carboxylic acids is 1. The first-order valence-electron chi connectivity index (χ1n) is 7.77. The van der Waals surface area contributed by atoms with Gasteiger partial charge in [0.05, 0.1) is 11.8 Å². The smallest absolute Gasteiger partial charge is 0.367 e. The summed E-state index contributed by atoms with van der Waals surface area (Å²) in [5.74, 6) is 0. The van der Waals surface area contributed by atoms with E-state index in [1.54, 1.807) is 6.08 Å². The van der Waals surface area contributed by atoms with E-state index in [1.807, 2.05) is 24.3 Å². The van der Waals surface area contributed by atoms with Crippen LogP contribution in [0.15, 0.2) is 43.2 Å². The van der Waals surface area contributed by atoms with Gasteiger partial charge in [-0.25, -0.2) is 4.79 Å². The number of rotatable bonds is 2. The number of nitrogens with zero attached hydrogens (tertiary/aromatic N) is 4. The standard InChI is InChI=1S/C17H17F3N4O/c1-2-13-5-3-4-6-15(13)22-7-9-23(10-8-22)16(25)24-12-14(11-21-24)17(18,19)20/h2-6,11-12H,1,7-10H2. The van der Waals surface area contributed by atoms with Gasteiger partial charge in [-0.1, -0.05) is 30.9 Å². The first-order valence-corrected chi connectivity index (χ1v) is 7.77. The minimum Gasteiger partial charge on any atom is -0.367 e. The molecule has 0 bridgehead atoms. The topological polar surface area (TPSA) is 41.4 Å². The second kappa shape index (κ2) is 6.62. The van der Waals surface area contributed by atoms with Gasteiger partial charge >= 0.3 is 12.2 Å². The number of benzene rings is 1. The molecule has 0 unspecified atom stereocenters. The lowest BCUT2D eigenvalue weighted by molar-refractivity contribution is -0.137. The Balaban J connectivity index is 1.67. The molecule has 1 amide bonds. The molecule has 1 aliphatic rings. The van der Waals surface area contributed by atoms with Crippen LogP contribution < -0.4 is 4.90 Å². The van der Waals surface area contributed by atoms with Crippen molar-refractivity contribution in [3.8, 4) is 0 Å². The largest absolute Gasteiger partial charge is 0.419 e. The Morgan fingerprint density at radius 1 is 1.16 bits per heavy atom. The molecule has 1 fully saturated rings. The van der Waals surface area contributed by atoms with Crippen molar-refractivity contribution in [2.75, 3.05) is 31.1 Å². The monoisotopic (exact) mass is 350 g/mol. The number of piperazine rings is 1. The zero-order valence-corrected chi connectivity index (χ0v) is 13.4. The second-order valence-corrected chi connectivity index (χ2v) is 5.69. The fourth-order valence-corrected chi connectivity index (χ4v) is 2.81. The quantitative estimate of drug-likeness (QED) is 0.834. The maximum Gasteiger partial charge on any atom is 0.419 e. The maximum absolute atomic E-state index is 12.6. The average Bonchev–Trinajstić information content (AvgIpc) is 3.12. The number of amides is 1. The SMILES string of the molecule is C=Cc1ccccc1N1CCN(C(=O)n2cc(C(F)(F)F)cn2)CC1. The predicted octanol–water partition coefficient (Wildman–Crippen LogP) is 3.34. The Morgan fingerprint density at radius 2 is 1.84 bits per heavy atom. The lowest BCUT2D eigenvalue weighted by Gasteiger charge is -2.36. The lowest BCUT2D eigenvalue weighted by atomic mass is 10.1. The van der Waals surface area contributed by atoms with E-state index in [0.717, 1.165) is 22.1 Å². The molecule has 132 valence electrons. The molecule has 1 saturated heterocycles. The molecule has 0 saturated carbocycles. The van der Waals surface area contributed by atoms with Gasteiger partial charge in [-0.15, -0.1) is 0 Å². The van der Waals surface area contributed by atoms with Crippen molar-refractivity contribution in [2.24, 2.45) is 0 Å². The van der Waals surface area contributed by atoms with Crippen molar-refractivity contribution in [1.29, 1.82) is 0 Å². The van der Waals surface area contributed by atoms with Crippen molar-refractivity contribution in [3.05, 3.63) is 54.4 Å². The fourth-order valence-electron chi connectivity index (χ4n) is 2.81. The molecule has 8 heteroatoms. The minimum atomic E-state index is -4.51. The van der Waals surface area contributed by atoms with Crippen molar-refractivity contribution >= 4 is 17.8 Å². The highest BCUT2D eigenvalue weighted by molar-refractivity contribution is 5.76. The van der Waals surface area contributed by atoms with Gasteiger partial charge in [-0.2, -0.15) is 23.0 Å². The molecule has 0 spiro atoms. The van der Waals surface area contributed by atoms with E-state index in [4.69, 9.17) is 0 Å². The van der Waals surface area contributed by atoms with Crippen molar-refractivity contribution in [1.82, 2.24) is 14.7 Å². The number of hydrogen-bond donors (Lipinski definition) is 0. The normalized spacial score (nSPS) is 15.3. The lowest BCUT2D eigenvalue weighted by Crippen LogP contribution is -2.50. The van der Waals surface area contributed by atoms with E-state index in [1.165, 1.54) is 4.90 Å². The number of para-hydroxylation sites is 1. The molecule has 2 aromatic rings. The summed E-state index contributed by atoms with van der Waals surface area (Å²) in [6.07, 6.45) is -1.35. The van der Waals surface area contributed by atoms with Crippen LogP contribution in [0.4, 0.5) is 23.7 Å². The summed E-state index contributed by atoms with van der Waals surface area (Å²) in [4.78, 5) is 16.0. The summed E-state index contributed by atoms with van der Waals surface area (Å²) in [7, 11) is 0. The van der Waals surface area contributed by atoms with Gasteiger partial charge in [0.15, 0.2) is 0 Å². The average molecular weight is 350 g/mol. The number of halogens is 3. The van der Waals surface area contributed by atoms with E-state index < -0.39 is 17.8 Å². The Bertz CT molecular complexity index is 776. The van der Waals surface area contributed by atoms with Crippen LogP contribution >= 0.6 is 0 Å². The number of anilines is 1. The highest BCUT2D eigenvalue weighted by atomic mass is 19.4. The Kier molecular flexibility index (Phi) is 4.52. The summed E-state index contributed by atoms with van der Waals surface area (Å²) in [5, 5.41) is 3.54. The van der Waals surface area contributed by atoms with E-state index in [-0.39, 0.29) is 0 Å². The van der Waals surface area contributed by atoms with Crippen LogP contribution in [0.5, 0.6) is 0 Å². The second-order valence-electron chi connectivity index (χ2n) is 5.69. The van der Waals surface area contributed by atoms with Crippen molar-refractivity contribution < 1.29 is 18.0 Å². The van der Waals surface area contributed by atoms with Crippen LogP contribution in [0.1, 0.15) is 11.1 Å². The molecule has 0 aliphatic carbocycles. The first-order chi connectivity index (χ1) is 11.9. The number of aromatic nitrogens is 2. The molecule has 1 aromatic carbocycles. The van der Waals surface area contributed by atoms with Crippen LogP contribution in [0.3, 0.4) is 0 Å². The predicted molar refractivity (Wildman–Crippen MR) is 88.3 cm³/mol. The zero-order valence-electron chi connectivity index (χ0n) is 13.4. The summed E-state index contributed by atoms with van der Waals surface area (Å²) >= 11 is 0. The summed E-state index contributed by atoms with van der Waals surface area (Å²) in [6.45, 7) is 5.79. The van der Waals surface area contributed by atoms with Gasteiger partial charge in [0.25, 0.3) is 0 Å². The molecular weight excluding hydrogens is 333 g/mol. The summed E-state index contributed by atoms with van der Waals surface area (Å²) in [6, 6.07) is 7.26. The van der Waals surface area contributed by atoms with Crippen LogP contribution in [0.2, 0.25) is 0 Å². The summed E-state index contributed by atoms with van der Waals surface area (Å²) < 4.78 is 38.6. The molecule has 0 N–H and O–H groups in total. The number of carbonyl (C=O) groups is 1. The van der Waals surface area contributed by atoms with Gasteiger partial charge in [0.1, 0.15) is 0 Å². The van der Waals surface area contributed by atoms with Gasteiger partial charge in [0.2, 0.25) is 0 Å². The highest BCUT2D eigenvalue weighted by Crippen LogP contribution is 2.28. The molecule has 1 aliphatic heterocycles. The molecule has 25 heavy (non-hydrogen) atoms. The Labute approximate surface area is 142 Å². The molecule has 2 heterocycles. The van der Waals surface area contributed by atoms with Gasteiger partial charge in [-0.05, 0) is 11.6 Å². The molecule has 3 rings (SSSR count). The van der Waals surface area contributed by atoms with Gasteiger partial charge in [0, 0.05) is 38.1 Å². The fraction of sp³-hybridized carbons (Fsp3) is 0.294. The Morgan fingerprint density at radius 3 is 2.44 bits per heavy atom. The summed E-state index contributed by atoms with van der Waals surface area (Å²) in [5.41, 5.74) is 1.10. The van der Waals surface area contributed by atoms with E-state index in [2.05, 4.69) is 16.6 Å². The minimum absolute atomic E-state index is 0.408.